The molecule has 1 fully saturated rings. The number of urea groups is 1. The molecule has 0 unspecified atom stereocenters. The van der Waals surface area contributed by atoms with Crippen molar-refractivity contribution in [1.82, 2.24) is 35.3 Å². The van der Waals surface area contributed by atoms with E-state index in [4.69, 9.17) is 0 Å². The van der Waals surface area contributed by atoms with Crippen molar-refractivity contribution in [2.75, 3.05) is 38.0 Å². The molecule has 1 aliphatic heterocycles. The molecule has 1 aliphatic rings. The Kier molecular flexibility index (Phi) is 7.08. The maximum absolute atomic E-state index is 12.5. The van der Waals surface area contributed by atoms with Crippen LogP contribution in [0.5, 0.6) is 0 Å². The van der Waals surface area contributed by atoms with Gasteiger partial charge in [-0.15, -0.1) is 5.10 Å². The molecule has 1 saturated heterocycles. The summed E-state index contributed by atoms with van der Waals surface area (Å²) in [6.07, 6.45) is 0. The van der Waals surface area contributed by atoms with Crippen LogP contribution in [0.15, 0.2) is 48.5 Å². The number of likely N-dealkylation sites (N-methyl/N-ethyl adjacent to an activating group) is 1. The van der Waals surface area contributed by atoms with E-state index in [0.29, 0.717) is 18.1 Å². The lowest BCUT2D eigenvalue weighted by molar-refractivity contribution is 0.131. The summed E-state index contributed by atoms with van der Waals surface area (Å²) in [5.74, 6) is 0.641. The molecule has 2 N–H and O–H groups in total. The van der Waals surface area contributed by atoms with Gasteiger partial charge >= 0.3 is 6.03 Å². The van der Waals surface area contributed by atoms with Gasteiger partial charge in [-0.3, -0.25) is 4.90 Å². The van der Waals surface area contributed by atoms with Crippen molar-refractivity contribution in [1.29, 1.82) is 0 Å². The lowest BCUT2D eigenvalue weighted by atomic mass is 10.1. The number of carbonyl (C=O) groups excluding carboxylic acids is 1. The van der Waals surface area contributed by atoms with Crippen LogP contribution in [0.4, 0.5) is 10.5 Å². The molecule has 168 valence electrons. The SMILES string of the molecule is CCN1CCN(Cc2ccccc2CNC(=O)Nc2cccc(-c3nnnn3C)c2)CC1. The summed E-state index contributed by atoms with van der Waals surface area (Å²) < 4.78 is 1.60. The topological polar surface area (TPSA) is 91.2 Å². The third-order valence-corrected chi connectivity index (χ3v) is 5.86. The van der Waals surface area contributed by atoms with Crippen molar-refractivity contribution in [3.8, 4) is 11.4 Å². The van der Waals surface area contributed by atoms with Crippen molar-refractivity contribution in [2.45, 2.75) is 20.0 Å². The van der Waals surface area contributed by atoms with Gasteiger partial charge in [0.1, 0.15) is 0 Å². The van der Waals surface area contributed by atoms with Gasteiger partial charge in [-0.25, -0.2) is 9.48 Å². The summed E-state index contributed by atoms with van der Waals surface area (Å²) in [4.78, 5) is 17.5. The van der Waals surface area contributed by atoms with E-state index in [1.165, 1.54) is 5.56 Å². The number of tetrazole rings is 1. The number of aromatic nitrogens is 4. The molecule has 9 heteroatoms. The molecule has 0 radical (unpaired) electrons. The van der Waals surface area contributed by atoms with Crippen molar-refractivity contribution >= 4 is 11.7 Å². The minimum atomic E-state index is -0.246. The third kappa shape index (κ3) is 5.49. The summed E-state index contributed by atoms with van der Waals surface area (Å²) in [6.45, 7) is 9.09. The molecule has 3 aromatic rings. The van der Waals surface area contributed by atoms with Gasteiger partial charge in [0.2, 0.25) is 0 Å². The van der Waals surface area contributed by atoms with Gasteiger partial charge in [-0.2, -0.15) is 0 Å². The first-order chi connectivity index (χ1) is 15.6. The monoisotopic (exact) mass is 434 g/mol. The van der Waals surface area contributed by atoms with Gasteiger partial charge in [-0.1, -0.05) is 43.3 Å². The van der Waals surface area contributed by atoms with E-state index >= 15 is 0 Å². The largest absolute Gasteiger partial charge is 0.334 e. The van der Waals surface area contributed by atoms with E-state index in [1.54, 1.807) is 11.7 Å². The lowest BCUT2D eigenvalue weighted by Crippen LogP contribution is -2.45. The normalized spacial score (nSPS) is 14.9. The number of piperazine rings is 1. The van der Waals surface area contributed by atoms with E-state index in [2.05, 4.69) is 61.1 Å². The van der Waals surface area contributed by atoms with Gasteiger partial charge < -0.3 is 15.5 Å². The average Bonchev–Trinajstić information content (AvgIpc) is 3.25. The Hall–Kier alpha value is -3.30. The highest BCUT2D eigenvalue weighted by molar-refractivity contribution is 5.89. The van der Waals surface area contributed by atoms with Crippen LogP contribution in [0.3, 0.4) is 0 Å². The number of carbonyl (C=O) groups is 1. The Morgan fingerprint density at radius 1 is 1.00 bits per heavy atom. The number of anilines is 1. The first-order valence-corrected chi connectivity index (χ1v) is 11.0. The van der Waals surface area contributed by atoms with Crippen molar-refractivity contribution in [3.63, 3.8) is 0 Å². The molecular formula is C23H30N8O. The maximum Gasteiger partial charge on any atom is 0.319 e. The van der Waals surface area contributed by atoms with Crippen molar-refractivity contribution in [2.24, 2.45) is 7.05 Å². The van der Waals surface area contributed by atoms with Crippen LogP contribution in [0.25, 0.3) is 11.4 Å². The average molecular weight is 435 g/mol. The number of aryl methyl sites for hydroxylation is 1. The minimum Gasteiger partial charge on any atom is -0.334 e. The lowest BCUT2D eigenvalue weighted by Gasteiger charge is -2.34. The Morgan fingerprint density at radius 3 is 2.47 bits per heavy atom. The van der Waals surface area contributed by atoms with Crippen molar-refractivity contribution < 1.29 is 4.79 Å². The Balaban J connectivity index is 1.33. The highest BCUT2D eigenvalue weighted by atomic mass is 16.2. The van der Waals surface area contributed by atoms with Crippen LogP contribution in [0, 0.1) is 0 Å². The fourth-order valence-corrected chi connectivity index (χ4v) is 3.95. The van der Waals surface area contributed by atoms with Gasteiger partial charge in [-0.05, 0) is 40.2 Å². The molecule has 4 rings (SSSR count). The second-order valence-electron chi connectivity index (χ2n) is 7.99. The number of hydrogen-bond donors (Lipinski definition) is 2. The van der Waals surface area contributed by atoms with E-state index < -0.39 is 0 Å². The summed E-state index contributed by atoms with van der Waals surface area (Å²) in [7, 11) is 1.78. The van der Waals surface area contributed by atoms with Crippen LogP contribution in [-0.4, -0.2) is 68.8 Å². The smallest absolute Gasteiger partial charge is 0.319 e. The second-order valence-corrected chi connectivity index (χ2v) is 7.99. The highest BCUT2D eigenvalue weighted by Crippen LogP contribution is 2.19. The van der Waals surface area contributed by atoms with Crippen LogP contribution in [-0.2, 0) is 20.1 Å². The van der Waals surface area contributed by atoms with Gasteiger partial charge in [0.05, 0.1) is 0 Å². The molecule has 2 aromatic carbocycles. The van der Waals surface area contributed by atoms with Crippen LogP contribution in [0.2, 0.25) is 0 Å². The number of nitrogens with zero attached hydrogens (tertiary/aromatic N) is 6. The summed E-state index contributed by atoms with van der Waals surface area (Å²) in [5, 5.41) is 17.4. The number of hydrogen-bond acceptors (Lipinski definition) is 6. The third-order valence-electron chi connectivity index (χ3n) is 5.86. The predicted octanol–water partition coefficient (Wildman–Crippen LogP) is 2.34. The number of nitrogens with one attached hydrogen (secondary N) is 2. The van der Waals surface area contributed by atoms with Crippen LogP contribution >= 0.6 is 0 Å². The molecule has 2 amide bonds. The number of rotatable bonds is 7. The Morgan fingerprint density at radius 2 is 1.75 bits per heavy atom. The zero-order valence-corrected chi connectivity index (χ0v) is 18.7. The van der Waals surface area contributed by atoms with Gasteiger partial charge in [0.25, 0.3) is 0 Å². The molecule has 0 bridgehead atoms. The maximum atomic E-state index is 12.5. The second kappa shape index (κ2) is 10.3. The molecule has 1 aromatic heterocycles. The fourth-order valence-electron chi connectivity index (χ4n) is 3.95. The molecule has 0 aliphatic carbocycles. The van der Waals surface area contributed by atoms with E-state index in [-0.39, 0.29) is 6.03 Å². The molecule has 2 heterocycles. The van der Waals surface area contributed by atoms with E-state index in [0.717, 1.165) is 50.4 Å². The van der Waals surface area contributed by atoms with E-state index in [1.807, 2.05) is 30.3 Å². The Labute approximate surface area is 188 Å². The standard InChI is InChI=1S/C23H30N8O/c1-3-30-11-13-31(14-12-30)17-20-8-5-4-7-19(20)16-24-23(32)25-21-10-6-9-18(15-21)22-26-27-28-29(22)2/h4-10,15H,3,11-14,16-17H2,1-2H3,(H2,24,25,32). The summed E-state index contributed by atoms with van der Waals surface area (Å²) >= 11 is 0. The molecule has 32 heavy (non-hydrogen) atoms. The predicted molar refractivity (Wildman–Crippen MR) is 124 cm³/mol. The van der Waals surface area contributed by atoms with Gasteiger partial charge in [0, 0.05) is 57.6 Å². The molecule has 0 atom stereocenters. The Bertz CT molecular complexity index is 1040. The number of amides is 2. The van der Waals surface area contributed by atoms with Crippen LogP contribution in [0.1, 0.15) is 18.1 Å². The molecular weight excluding hydrogens is 404 g/mol. The van der Waals surface area contributed by atoms with Crippen LogP contribution < -0.4 is 10.6 Å². The zero-order valence-electron chi connectivity index (χ0n) is 18.7. The quantitative estimate of drug-likeness (QED) is 0.593. The summed E-state index contributed by atoms with van der Waals surface area (Å²) in [5.41, 5.74) is 3.92. The number of benzene rings is 2. The first kappa shape index (κ1) is 21.9. The fraction of sp³-hybridized carbons (Fsp3) is 0.391. The zero-order chi connectivity index (χ0) is 22.3. The van der Waals surface area contributed by atoms with Crippen molar-refractivity contribution in [3.05, 3.63) is 59.7 Å². The van der Waals surface area contributed by atoms with E-state index in [9.17, 15) is 4.79 Å². The highest BCUT2D eigenvalue weighted by Gasteiger charge is 2.16. The molecule has 9 nitrogen and oxygen atoms in total. The molecule has 0 spiro atoms. The summed E-state index contributed by atoms with van der Waals surface area (Å²) in [6, 6.07) is 15.5. The first-order valence-electron chi connectivity index (χ1n) is 11.0. The van der Waals surface area contributed by atoms with Gasteiger partial charge in [0.15, 0.2) is 5.82 Å². The molecule has 0 saturated carbocycles. The minimum absolute atomic E-state index is 0.246.